The molecular weight excluding hydrogens is 250 g/mol. The highest BCUT2D eigenvalue weighted by atomic mass is 16.5. The van der Waals surface area contributed by atoms with Gasteiger partial charge in [0, 0.05) is 13.1 Å². The molecule has 1 aromatic carbocycles. The first-order valence-electron chi connectivity index (χ1n) is 7.50. The topological polar surface area (TPSA) is 29.5 Å². The molecule has 1 aromatic rings. The van der Waals surface area contributed by atoms with Gasteiger partial charge in [0.05, 0.1) is 12.7 Å². The molecule has 0 bridgehead atoms. The molecule has 20 heavy (non-hydrogen) atoms. The van der Waals surface area contributed by atoms with Crippen molar-refractivity contribution in [1.29, 1.82) is 0 Å². The van der Waals surface area contributed by atoms with Crippen molar-refractivity contribution in [2.75, 3.05) is 20.2 Å². The molecular formula is C17H25NO2. The van der Waals surface area contributed by atoms with Crippen molar-refractivity contribution in [2.45, 2.75) is 33.2 Å². The molecule has 1 saturated heterocycles. The summed E-state index contributed by atoms with van der Waals surface area (Å²) in [6.45, 7) is 7.70. The summed E-state index contributed by atoms with van der Waals surface area (Å²) in [4.78, 5) is 14.3. The summed E-state index contributed by atoms with van der Waals surface area (Å²) in [6.07, 6.45) is 2.58. The van der Waals surface area contributed by atoms with E-state index in [1.165, 1.54) is 20.0 Å². The zero-order valence-corrected chi connectivity index (χ0v) is 12.8. The maximum Gasteiger partial charge on any atom is 0.338 e. The number of nitrogens with zero attached hydrogens (tertiary/aromatic N) is 1. The van der Waals surface area contributed by atoms with Gasteiger partial charge < -0.3 is 4.74 Å². The van der Waals surface area contributed by atoms with Gasteiger partial charge in [-0.15, -0.1) is 0 Å². The van der Waals surface area contributed by atoms with Gasteiger partial charge in [-0.25, -0.2) is 4.79 Å². The Hall–Kier alpha value is -1.35. The van der Waals surface area contributed by atoms with Gasteiger partial charge in [0.1, 0.15) is 0 Å². The van der Waals surface area contributed by atoms with E-state index in [0.717, 1.165) is 37.0 Å². The van der Waals surface area contributed by atoms with Crippen LogP contribution in [-0.2, 0) is 11.3 Å². The van der Waals surface area contributed by atoms with Crippen LogP contribution in [0.25, 0.3) is 0 Å². The normalized spacial score (nSPS) is 20.1. The van der Waals surface area contributed by atoms with Crippen LogP contribution < -0.4 is 0 Å². The van der Waals surface area contributed by atoms with Gasteiger partial charge >= 0.3 is 5.97 Å². The Labute approximate surface area is 121 Å². The number of carbonyl (C=O) groups is 1. The highest BCUT2D eigenvalue weighted by Gasteiger charge is 2.23. The lowest BCUT2D eigenvalue weighted by molar-refractivity contribution is 0.0597. The molecule has 0 amide bonds. The molecule has 1 fully saturated rings. The van der Waals surface area contributed by atoms with Crippen molar-refractivity contribution < 1.29 is 9.53 Å². The van der Waals surface area contributed by atoms with Crippen molar-refractivity contribution in [1.82, 2.24) is 4.90 Å². The van der Waals surface area contributed by atoms with Crippen LogP contribution in [0.2, 0.25) is 0 Å². The van der Waals surface area contributed by atoms with E-state index in [1.54, 1.807) is 0 Å². The first kappa shape index (κ1) is 15.0. The Morgan fingerprint density at radius 2 is 2.15 bits per heavy atom. The molecule has 110 valence electrons. The van der Waals surface area contributed by atoms with Crippen LogP contribution in [-0.4, -0.2) is 31.1 Å². The third kappa shape index (κ3) is 3.60. The Morgan fingerprint density at radius 1 is 1.40 bits per heavy atom. The fourth-order valence-corrected chi connectivity index (χ4v) is 2.99. The minimum absolute atomic E-state index is 0.238. The molecule has 1 aliphatic rings. The number of hydrogen-bond acceptors (Lipinski definition) is 3. The summed E-state index contributed by atoms with van der Waals surface area (Å²) in [7, 11) is 1.44. The third-order valence-electron chi connectivity index (χ3n) is 4.30. The number of likely N-dealkylation sites (tertiary alicyclic amines) is 1. The SMILES string of the molecule is COC(=O)c1ccccc1CN1CCC[C@@H](C(C)C)C1. The van der Waals surface area contributed by atoms with Crippen LogP contribution >= 0.6 is 0 Å². The molecule has 0 aromatic heterocycles. The number of methoxy groups -OCH3 is 1. The number of benzene rings is 1. The summed E-state index contributed by atoms with van der Waals surface area (Å²) in [5.41, 5.74) is 1.77. The fraction of sp³-hybridized carbons (Fsp3) is 0.588. The molecule has 0 spiro atoms. The maximum absolute atomic E-state index is 11.8. The summed E-state index contributed by atoms with van der Waals surface area (Å²) < 4.78 is 4.87. The number of piperidine rings is 1. The number of esters is 1. The maximum atomic E-state index is 11.8. The van der Waals surface area contributed by atoms with Crippen molar-refractivity contribution in [3.05, 3.63) is 35.4 Å². The van der Waals surface area contributed by atoms with Crippen molar-refractivity contribution in [3.8, 4) is 0 Å². The standard InChI is InChI=1S/C17H25NO2/c1-13(2)14-8-6-10-18(11-14)12-15-7-4-5-9-16(15)17(19)20-3/h4-5,7,9,13-14H,6,8,10-12H2,1-3H3/t14-/m1/s1. The van der Waals surface area contributed by atoms with Crippen molar-refractivity contribution >= 4 is 5.97 Å². The second-order valence-electron chi connectivity index (χ2n) is 6.03. The van der Waals surface area contributed by atoms with Crippen LogP contribution in [0.15, 0.2) is 24.3 Å². The van der Waals surface area contributed by atoms with E-state index in [2.05, 4.69) is 18.7 Å². The van der Waals surface area contributed by atoms with Crippen LogP contribution in [0.4, 0.5) is 0 Å². The van der Waals surface area contributed by atoms with Gasteiger partial charge in [-0.1, -0.05) is 32.0 Å². The minimum atomic E-state index is -0.238. The molecule has 0 aliphatic carbocycles. The summed E-state index contributed by atoms with van der Waals surface area (Å²) in [5, 5.41) is 0. The van der Waals surface area contributed by atoms with Gasteiger partial charge in [0.2, 0.25) is 0 Å². The molecule has 1 atom stereocenters. The number of carbonyl (C=O) groups excluding carboxylic acids is 1. The Balaban J connectivity index is 2.08. The van der Waals surface area contributed by atoms with E-state index in [9.17, 15) is 4.79 Å². The average Bonchev–Trinajstić information content (AvgIpc) is 2.47. The van der Waals surface area contributed by atoms with E-state index in [1.807, 2.05) is 24.3 Å². The molecule has 0 radical (unpaired) electrons. The highest BCUT2D eigenvalue weighted by Crippen LogP contribution is 2.25. The van der Waals surface area contributed by atoms with E-state index in [4.69, 9.17) is 4.74 Å². The Kier molecular flexibility index (Phi) is 5.18. The van der Waals surface area contributed by atoms with Crippen molar-refractivity contribution in [2.24, 2.45) is 11.8 Å². The summed E-state index contributed by atoms with van der Waals surface area (Å²) in [6, 6.07) is 7.77. The number of hydrogen-bond donors (Lipinski definition) is 0. The summed E-state index contributed by atoms with van der Waals surface area (Å²) in [5.74, 6) is 1.26. The highest BCUT2D eigenvalue weighted by molar-refractivity contribution is 5.90. The van der Waals surface area contributed by atoms with E-state index >= 15 is 0 Å². The van der Waals surface area contributed by atoms with Crippen LogP contribution in [0.3, 0.4) is 0 Å². The van der Waals surface area contributed by atoms with Gasteiger partial charge in [-0.2, -0.15) is 0 Å². The smallest absolute Gasteiger partial charge is 0.338 e. The van der Waals surface area contributed by atoms with Crippen LogP contribution in [0, 0.1) is 11.8 Å². The molecule has 0 N–H and O–H groups in total. The first-order valence-corrected chi connectivity index (χ1v) is 7.50. The lowest BCUT2D eigenvalue weighted by atomic mass is 9.87. The molecule has 1 aliphatic heterocycles. The average molecular weight is 275 g/mol. The molecule has 1 heterocycles. The first-order chi connectivity index (χ1) is 9.61. The van der Waals surface area contributed by atoms with Gasteiger partial charge in [-0.3, -0.25) is 4.90 Å². The van der Waals surface area contributed by atoms with Crippen LogP contribution in [0.1, 0.15) is 42.6 Å². The number of rotatable bonds is 4. The minimum Gasteiger partial charge on any atom is -0.465 e. The third-order valence-corrected chi connectivity index (χ3v) is 4.30. The fourth-order valence-electron chi connectivity index (χ4n) is 2.99. The predicted molar refractivity (Wildman–Crippen MR) is 80.6 cm³/mol. The molecule has 2 rings (SSSR count). The lowest BCUT2D eigenvalue weighted by Gasteiger charge is -2.35. The van der Waals surface area contributed by atoms with E-state index < -0.39 is 0 Å². The molecule has 3 nitrogen and oxygen atoms in total. The number of ether oxygens (including phenoxy) is 1. The van der Waals surface area contributed by atoms with Gasteiger partial charge in [0.15, 0.2) is 0 Å². The van der Waals surface area contributed by atoms with Gasteiger partial charge in [0.25, 0.3) is 0 Å². The Bertz CT molecular complexity index is 456. The largest absolute Gasteiger partial charge is 0.465 e. The second kappa shape index (κ2) is 6.89. The lowest BCUT2D eigenvalue weighted by Crippen LogP contribution is -2.37. The van der Waals surface area contributed by atoms with E-state index in [-0.39, 0.29) is 5.97 Å². The quantitative estimate of drug-likeness (QED) is 0.789. The zero-order chi connectivity index (χ0) is 14.5. The van der Waals surface area contributed by atoms with Crippen molar-refractivity contribution in [3.63, 3.8) is 0 Å². The van der Waals surface area contributed by atoms with E-state index in [0.29, 0.717) is 5.56 Å². The molecule has 3 heteroatoms. The zero-order valence-electron chi connectivity index (χ0n) is 12.8. The summed E-state index contributed by atoms with van der Waals surface area (Å²) >= 11 is 0. The monoisotopic (exact) mass is 275 g/mol. The van der Waals surface area contributed by atoms with Gasteiger partial charge in [-0.05, 0) is 42.9 Å². The van der Waals surface area contributed by atoms with Crippen LogP contribution in [0.5, 0.6) is 0 Å². The second-order valence-corrected chi connectivity index (χ2v) is 6.03. The Morgan fingerprint density at radius 3 is 2.85 bits per heavy atom. The molecule has 0 saturated carbocycles. The predicted octanol–water partition coefficient (Wildman–Crippen LogP) is 3.34. The molecule has 0 unspecified atom stereocenters.